The van der Waals surface area contributed by atoms with Gasteiger partial charge in [-0.15, -0.1) is 0 Å². The summed E-state index contributed by atoms with van der Waals surface area (Å²) in [6, 6.07) is 7.02. The van der Waals surface area contributed by atoms with E-state index in [1.165, 1.54) is 0 Å². The fourth-order valence-corrected chi connectivity index (χ4v) is 1.40. The van der Waals surface area contributed by atoms with Gasteiger partial charge in [0.1, 0.15) is 6.61 Å². The smallest absolute Gasteiger partial charge is 0.251 e. The van der Waals surface area contributed by atoms with Crippen LogP contribution in [0, 0.1) is 11.8 Å². The fraction of sp³-hybridized carbons (Fsp3) is 0.438. The van der Waals surface area contributed by atoms with Crippen LogP contribution in [0.5, 0.6) is 0 Å². The van der Waals surface area contributed by atoms with Gasteiger partial charge in [0.2, 0.25) is 0 Å². The summed E-state index contributed by atoms with van der Waals surface area (Å²) in [7, 11) is 3.97. The lowest BCUT2D eigenvalue weighted by atomic mass is 10.0. The van der Waals surface area contributed by atoms with Crippen LogP contribution in [-0.2, 0) is 0 Å². The zero-order chi connectivity index (χ0) is 15.2. The van der Waals surface area contributed by atoms with E-state index in [4.69, 9.17) is 5.11 Å². The molecule has 0 aliphatic carbocycles. The highest BCUT2D eigenvalue weighted by atomic mass is 16.2. The van der Waals surface area contributed by atoms with Crippen LogP contribution in [0.1, 0.15) is 29.8 Å². The maximum absolute atomic E-state index is 12.0. The number of likely N-dealkylation sites (N-methyl/N-ethyl adjacent to an activating group) is 1. The average Bonchev–Trinajstić information content (AvgIpc) is 2.43. The van der Waals surface area contributed by atoms with Crippen molar-refractivity contribution in [2.75, 3.05) is 27.2 Å². The van der Waals surface area contributed by atoms with Crippen LogP contribution in [0.25, 0.3) is 0 Å². The predicted molar refractivity (Wildman–Crippen MR) is 80.5 cm³/mol. The Bertz CT molecular complexity index is 508. The molecule has 1 aromatic carbocycles. The Morgan fingerprint density at radius 1 is 1.30 bits per heavy atom. The third-order valence-corrected chi connectivity index (χ3v) is 3.35. The van der Waals surface area contributed by atoms with E-state index in [2.05, 4.69) is 35.9 Å². The van der Waals surface area contributed by atoms with Crippen molar-refractivity contribution >= 4 is 5.91 Å². The number of nitrogens with zero attached hydrogens (tertiary/aromatic N) is 1. The van der Waals surface area contributed by atoms with Gasteiger partial charge in [0, 0.05) is 23.2 Å². The van der Waals surface area contributed by atoms with E-state index in [1.54, 1.807) is 24.3 Å². The molecule has 0 aliphatic heterocycles. The zero-order valence-corrected chi connectivity index (χ0v) is 12.5. The molecule has 0 heterocycles. The molecule has 1 aromatic rings. The Morgan fingerprint density at radius 3 is 2.40 bits per heavy atom. The second-order valence-corrected chi connectivity index (χ2v) is 5.43. The average molecular weight is 274 g/mol. The fourth-order valence-electron chi connectivity index (χ4n) is 1.40. The number of hydrogen-bond acceptors (Lipinski definition) is 3. The minimum atomic E-state index is -0.165. The number of carbonyl (C=O) groups excluding carboxylic acids is 1. The van der Waals surface area contributed by atoms with Gasteiger partial charge in [0.25, 0.3) is 5.91 Å². The van der Waals surface area contributed by atoms with Crippen molar-refractivity contribution < 1.29 is 9.90 Å². The van der Waals surface area contributed by atoms with Crippen molar-refractivity contribution in [2.24, 2.45) is 0 Å². The highest BCUT2D eigenvalue weighted by molar-refractivity contribution is 5.94. The molecular weight excluding hydrogens is 252 g/mol. The molecule has 4 nitrogen and oxygen atoms in total. The molecular formula is C16H22N2O2. The normalized spacial score (nSPS) is 10.9. The number of amides is 1. The maximum atomic E-state index is 12.0. The first kappa shape index (κ1) is 16.2. The van der Waals surface area contributed by atoms with Gasteiger partial charge in [0.05, 0.1) is 0 Å². The summed E-state index contributed by atoms with van der Waals surface area (Å²) in [6.07, 6.45) is 0. The van der Waals surface area contributed by atoms with Gasteiger partial charge in [-0.05, 0) is 52.2 Å². The van der Waals surface area contributed by atoms with Crippen LogP contribution >= 0.6 is 0 Å². The van der Waals surface area contributed by atoms with Gasteiger partial charge in [-0.25, -0.2) is 0 Å². The van der Waals surface area contributed by atoms with Crippen molar-refractivity contribution in [3.8, 4) is 11.8 Å². The molecule has 108 valence electrons. The van der Waals surface area contributed by atoms with E-state index in [9.17, 15) is 4.79 Å². The van der Waals surface area contributed by atoms with Gasteiger partial charge >= 0.3 is 0 Å². The summed E-state index contributed by atoms with van der Waals surface area (Å²) in [5.74, 6) is 5.27. The van der Waals surface area contributed by atoms with Crippen LogP contribution in [0.4, 0.5) is 0 Å². The lowest BCUT2D eigenvalue weighted by Crippen LogP contribution is -2.48. The third-order valence-electron chi connectivity index (χ3n) is 3.35. The minimum absolute atomic E-state index is 0.0950. The van der Waals surface area contributed by atoms with Gasteiger partial charge in [-0.2, -0.15) is 0 Å². The van der Waals surface area contributed by atoms with Crippen LogP contribution in [-0.4, -0.2) is 48.7 Å². The summed E-state index contributed by atoms with van der Waals surface area (Å²) in [4.78, 5) is 14.1. The number of aliphatic hydroxyl groups is 1. The highest BCUT2D eigenvalue weighted by Gasteiger charge is 2.21. The molecule has 1 amide bonds. The maximum Gasteiger partial charge on any atom is 0.251 e. The van der Waals surface area contributed by atoms with Crippen molar-refractivity contribution in [2.45, 2.75) is 19.4 Å². The molecule has 0 fully saturated rings. The lowest BCUT2D eigenvalue weighted by molar-refractivity contribution is 0.0919. The quantitative estimate of drug-likeness (QED) is 0.809. The Kier molecular flexibility index (Phi) is 5.75. The molecule has 0 saturated heterocycles. The molecule has 0 radical (unpaired) electrons. The highest BCUT2D eigenvalue weighted by Crippen LogP contribution is 2.09. The van der Waals surface area contributed by atoms with Gasteiger partial charge < -0.3 is 15.3 Å². The van der Waals surface area contributed by atoms with Crippen LogP contribution in [0.15, 0.2) is 24.3 Å². The minimum Gasteiger partial charge on any atom is -0.384 e. The molecule has 0 spiro atoms. The predicted octanol–water partition coefficient (Wildman–Crippen LogP) is 1.10. The van der Waals surface area contributed by atoms with E-state index in [1.807, 2.05) is 14.1 Å². The van der Waals surface area contributed by atoms with Crippen LogP contribution < -0.4 is 5.32 Å². The number of carbonyl (C=O) groups is 1. The summed E-state index contributed by atoms with van der Waals surface area (Å²) >= 11 is 0. The van der Waals surface area contributed by atoms with Crippen molar-refractivity contribution in [3.05, 3.63) is 35.4 Å². The Morgan fingerprint density at radius 2 is 1.90 bits per heavy atom. The monoisotopic (exact) mass is 274 g/mol. The number of rotatable bonds is 4. The number of nitrogens with one attached hydrogen (secondary N) is 1. The Hall–Kier alpha value is -1.83. The second kappa shape index (κ2) is 7.09. The summed E-state index contributed by atoms with van der Waals surface area (Å²) in [6.45, 7) is 4.55. The molecule has 0 unspecified atom stereocenters. The summed E-state index contributed by atoms with van der Waals surface area (Å²) in [5, 5.41) is 11.5. The molecule has 0 atom stereocenters. The standard InChI is InChI=1S/C16H22N2O2/c1-16(2,18(3)4)12-17-15(20)14-9-7-13(8-10-14)6-5-11-19/h7-10,19H,11-12H2,1-4H3,(H,17,20). The molecule has 0 bridgehead atoms. The third kappa shape index (κ3) is 4.69. The Labute approximate surface area is 120 Å². The van der Waals surface area contributed by atoms with Crippen molar-refractivity contribution in [1.82, 2.24) is 10.2 Å². The van der Waals surface area contributed by atoms with Crippen molar-refractivity contribution in [1.29, 1.82) is 0 Å². The summed E-state index contributed by atoms with van der Waals surface area (Å²) in [5.41, 5.74) is 1.29. The first-order chi connectivity index (χ1) is 9.36. The zero-order valence-electron chi connectivity index (χ0n) is 12.5. The molecule has 20 heavy (non-hydrogen) atoms. The first-order valence-corrected chi connectivity index (χ1v) is 6.52. The van der Waals surface area contributed by atoms with Crippen LogP contribution in [0.2, 0.25) is 0 Å². The summed E-state index contributed by atoms with van der Waals surface area (Å²) < 4.78 is 0. The van der Waals surface area contributed by atoms with Crippen LogP contribution in [0.3, 0.4) is 0 Å². The first-order valence-electron chi connectivity index (χ1n) is 6.52. The van der Waals surface area contributed by atoms with Crippen molar-refractivity contribution in [3.63, 3.8) is 0 Å². The molecule has 0 saturated carbocycles. The van der Waals surface area contributed by atoms with Gasteiger partial charge in [-0.3, -0.25) is 4.79 Å². The van der Waals surface area contributed by atoms with Gasteiger partial charge in [0.15, 0.2) is 0 Å². The van der Waals surface area contributed by atoms with E-state index in [-0.39, 0.29) is 18.1 Å². The van der Waals surface area contributed by atoms with E-state index >= 15 is 0 Å². The Balaban J connectivity index is 2.65. The largest absolute Gasteiger partial charge is 0.384 e. The van der Waals surface area contributed by atoms with E-state index < -0.39 is 0 Å². The van der Waals surface area contributed by atoms with Gasteiger partial charge in [-0.1, -0.05) is 11.8 Å². The second-order valence-electron chi connectivity index (χ2n) is 5.43. The molecule has 0 aliphatic rings. The van der Waals surface area contributed by atoms with E-state index in [0.717, 1.165) is 5.56 Å². The molecule has 2 N–H and O–H groups in total. The molecule has 1 rings (SSSR count). The molecule has 4 heteroatoms. The number of hydrogen-bond donors (Lipinski definition) is 2. The van der Waals surface area contributed by atoms with E-state index in [0.29, 0.717) is 12.1 Å². The topological polar surface area (TPSA) is 52.6 Å². The SMILES string of the molecule is CN(C)C(C)(C)CNC(=O)c1ccc(C#CCO)cc1. The lowest BCUT2D eigenvalue weighted by Gasteiger charge is -2.32. The number of aliphatic hydroxyl groups excluding tert-OH is 1. The molecule has 0 aromatic heterocycles. The number of benzene rings is 1.